The Morgan fingerprint density at radius 1 is 1.32 bits per heavy atom. The van der Waals surface area contributed by atoms with Gasteiger partial charge in [0, 0.05) is 11.6 Å². The van der Waals surface area contributed by atoms with E-state index in [1.54, 1.807) is 18.0 Å². The average Bonchev–Trinajstić information content (AvgIpc) is 3.03. The predicted octanol–water partition coefficient (Wildman–Crippen LogP) is 3.71. The van der Waals surface area contributed by atoms with Crippen molar-refractivity contribution in [3.05, 3.63) is 59.0 Å². The molecule has 0 radical (unpaired) electrons. The van der Waals surface area contributed by atoms with Crippen molar-refractivity contribution in [1.82, 2.24) is 4.90 Å². The van der Waals surface area contributed by atoms with Crippen LogP contribution in [-0.4, -0.2) is 16.6 Å². The zero-order valence-corrected chi connectivity index (χ0v) is 11.7. The minimum absolute atomic E-state index is 0.0295. The average molecular weight is 294 g/mol. The summed E-state index contributed by atoms with van der Waals surface area (Å²) in [5.41, 5.74) is 1.07. The molecule has 1 fully saturated rings. The Kier molecular flexibility index (Phi) is 3.53. The van der Waals surface area contributed by atoms with Crippen LogP contribution >= 0.6 is 23.4 Å². The van der Waals surface area contributed by atoms with Gasteiger partial charge in [0.15, 0.2) is 0 Å². The quantitative estimate of drug-likeness (QED) is 0.865. The van der Waals surface area contributed by atoms with Crippen LogP contribution in [0.15, 0.2) is 47.1 Å². The van der Waals surface area contributed by atoms with Crippen LogP contribution in [0.4, 0.5) is 0 Å². The van der Waals surface area contributed by atoms with E-state index in [1.807, 2.05) is 41.3 Å². The third-order valence-electron chi connectivity index (χ3n) is 3.02. The predicted molar refractivity (Wildman–Crippen MR) is 75.9 cm³/mol. The summed E-state index contributed by atoms with van der Waals surface area (Å²) in [7, 11) is 0. The number of carbonyl (C=O) groups excluding carboxylic acids is 1. The molecule has 3 nitrogen and oxygen atoms in total. The van der Waals surface area contributed by atoms with Crippen molar-refractivity contribution in [1.29, 1.82) is 0 Å². The molecule has 98 valence electrons. The van der Waals surface area contributed by atoms with Gasteiger partial charge < -0.3 is 9.32 Å². The van der Waals surface area contributed by atoms with E-state index in [9.17, 15) is 4.79 Å². The highest BCUT2D eigenvalue weighted by molar-refractivity contribution is 8.00. The lowest BCUT2D eigenvalue weighted by Gasteiger charge is -2.22. The molecule has 1 aromatic carbocycles. The molecule has 2 aromatic rings. The van der Waals surface area contributed by atoms with Crippen LogP contribution < -0.4 is 0 Å². The number of amides is 1. The van der Waals surface area contributed by atoms with E-state index in [1.165, 1.54) is 0 Å². The molecule has 1 atom stereocenters. The Bertz CT molecular complexity index is 568. The molecule has 5 heteroatoms. The highest BCUT2D eigenvalue weighted by Crippen LogP contribution is 2.39. The molecular weight excluding hydrogens is 282 g/mol. The van der Waals surface area contributed by atoms with E-state index in [2.05, 4.69) is 0 Å². The van der Waals surface area contributed by atoms with Gasteiger partial charge in [0.2, 0.25) is 5.91 Å². The standard InChI is InChI=1S/C14H12ClNO2S/c15-11-5-3-10(4-6-11)8-16-13(17)9-19-14(16)12-2-1-7-18-12/h1-7,14H,8-9H2/t14-/m1/s1. The number of carbonyl (C=O) groups is 1. The Labute approximate surface area is 120 Å². The van der Waals surface area contributed by atoms with Gasteiger partial charge in [-0.05, 0) is 29.8 Å². The van der Waals surface area contributed by atoms with E-state index in [4.69, 9.17) is 16.0 Å². The fourth-order valence-electron chi connectivity index (χ4n) is 2.08. The summed E-state index contributed by atoms with van der Waals surface area (Å²) in [6, 6.07) is 11.3. The first-order valence-electron chi connectivity index (χ1n) is 5.93. The Hall–Kier alpha value is -1.39. The lowest BCUT2D eigenvalue weighted by Crippen LogP contribution is -2.27. The molecule has 0 saturated carbocycles. The van der Waals surface area contributed by atoms with Crippen molar-refractivity contribution in [2.45, 2.75) is 11.9 Å². The molecule has 0 unspecified atom stereocenters. The van der Waals surface area contributed by atoms with Gasteiger partial charge in [0.25, 0.3) is 0 Å². The Morgan fingerprint density at radius 3 is 2.79 bits per heavy atom. The molecule has 1 saturated heterocycles. The van der Waals surface area contributed by atoms with Crippen LogP contribution in [0, 0.1) is 0 Å². The molecule has 1 aliphatic rings. The van der Waals surface area contributed by atoms with Crippen molar-refractivity contribution in [2.75, 3.05) is 5.75 Å². The van der Waals surface area contributed by atoms with Crippen molar-refractivity contribution < 1.29 is 9.21 Å². The minimum Gasteiger partial charge on any atom is -0.466 e. The molecule has 0 aliphatic carbocycles. The number of halogens is 1. The normalized spacial score (nSPS) is 19.1. The number of benzene rings is 1. The van der Waals surface area contributed by atoms with Crippen LogP contribution in [0.25, 0.3) is 0 Å². The number of thioether (sulfide) groups is 1. The lowest BCUT2D eigenvalue weighted by molar-refractivity contribution is -0.128. The monoisotopic (exact) mass is 293 g/mol. The maximum Gasteiger partial charge on any atom is 0.234 e. The smallest absolute Gasteiger partial charge is 0.234 e. The van der Waals surface area contributed by atoms with Crippen molar-refractivity contribution >= 4 is 29.3 Å². The molecular formula is C14H12ClNO2S. The van der Waals surface area contributed by atoms with Crippen LogP contribution in [-0.2, 0) is 11.3 Å². The highest BCUT2D eigenvalue weighted by Gasteiger charge is 2.34. The van der Waals surface area contributed by atoms with Crippen LogP contribution in [0.1, 0.15) is 16.7 Å². The summed E-state index contributed by atoms with van der Waals surface area (Å²) in [5.74, 6) is 1.46. The third-order valence-corrected chi connectivity index (χ3v) is 4.49. The van der Waals surface area contributed by atoms with Gasteiger partial charge in [-0.1, -0.05) is 23.7 Å². The maximum atomic E-state index is 12.0. The molecule has 0 N–H and O–H groups in total. The van der Waals surface area contributed by atoms with Gasteiger partial charge in [0.05, 0.1) is 12.0 Å². The summed E-state index contributed by atoms with van der Waals surface area (Å²) in [5, 5.41) is 0.673. The van der Waals surface area contributed by atoms with Crippen LogP contribution in [0.5, 0.6) is 0 Å². The summed E-state index contributed by atoms with van der Waals surface area (Å²) >= 11 is 7.46. The second-order valence-corrected chi connectivity index (χ2v) is 5.83. The summed E-state index contributed by atoms with van der Waals surface area (Å²) in [6.07, 6.45) is 1.64. The first kappa shape index (κ1) is 12.6. The zero-order valence-electron chi connectivity index (χ0n) is 10.1. The second kappa shape index (κ2) is 5.31. The third kappa shape index (κ3) is 2.65. The van der Waals surface area contributed by atoms with E-state index in [0.717, 1.165) is 11.3 Å². The molecule has 3 rings (SSSR count). The highest BCUT2D eigenvalue weighted by atomic mass is 35.5. The number of furan rings is 1. The van der Waals surface area contributed by atoms with Crippen LogP contribution in [0.2, 0.25) is 5.02 Å². The minimum atomic E-state index is -0.0295. The van der Waals surface area contributed by atoms with Gasteiger partial charge >= 0.3 is 0 Å². The van der Waals surface area contributed by atoms with Crippen molar-refractivity contribution in [2.24, 2.45) is 0 Å². The number of rotatable bonds is 3. The first-order valence-corrected chi connectivity index (χ1v) is 7.35. The topological polar surface area (TPSA) is 33.5 Å². The summed E-state index contributed by atoms with van der Waals surface area (Å²) in [4.78, 5) is 13.8. The fourth-order valence-corrected chi connectivity index (χ4v) is 3.34. The Morgan fingerprint density at radius 2 is 2.11 bits per heavy atom. The van der Waals surface area contributed by atoms with Gasteiger partial charge in [-0.2, -0.15) is 0 Å². The second-order valence-electron chi connectivity index (χ2n) is 4.33. The fraction of sp³-hybridized carbons (Fsp3) is 0.214. The lowest BCUT2D eigenvalue weighted by atomic mass is 10.2. The number of hydrogen-bond donors (Lipinski definition) is 0. The molecule has 1 amide bonds. The van der Waals surface area contributed by atoms with Gasteiger partial charge in [-0.3, -0.25) is 4.79 Å². The summed E-state index contributed by atoms with van der Waals surface area (Å²) < 4.78 is 5.42. The molecule has 1 aromatic heterocycles. The molecule has 0 bridgehead atoms. The van der Waals surface area contributed by atoms with E-state index >= 15 is 0 Å². The van der Waals surface area contributed by atoms with Crippen molar-refractivity contribution in [3.63, 3.8) is 0 Å². The number of hydrogen-bond acceptors (Lipinski definition) is 3. The van der Waals surface area contributed by atoms with Gasteiger partial charge in [0.1, 0.15) is 11.1 Å². The maximum absolute atomic E-state index is 12.0. The Balaban J connectivity index is 1.81. The largest absolute Gasteiger partial charge is 0.466 e. The molecule has 19 heavy (non-hydrogen) atoms. The van der Waals surface area contributed by atoms with Gasteiger partial charge in [-0.15, -0.1) is 11.8 Å². The SMILES string of the molecule is O=C1CS[C@H](c2ccco2)N1Cc1ccc(Cl)cc1. The van der Waals surface area contributed by atoms with E-state index < -0.39 is 0 Å². The molecule has 0 spiro atoms. The number of nitrogens with zero attached hydrogens (tertiary/aromatic N) is 1. The first-order chi connectivity index (χ1) is 9.24. The van der Waals surface area contributed by atoms with E-state index in [0.29, 0.717) is 17.3 Å². The summed E-state index contributed by atoms with van der Waals surface area (Å²) in [6.45, 7) is 0.578. The molecule has 1 aliphatic heterocycles. The van der Waals surface area contributed by atoms with E-state index in [-0.39, 0.29) is 11.3 Å². The molecule has 2 heterocycles. The van der Waals surface area contributed by atoms with Gasteiger partial charge in [-0.25, -0.2) is 0 Å². The zero-order chi connectivity index (χ0) is 13.2. The van der Waals surface area contributed by atoms with Crippen molar-refractivity contribution in [3.8, 4) is 0 Å². The van der Waals surface area contributed by atoms with Crippen LogP contribution in [0.3, 0.4) is 0 Å².